The first-order chi connectivity index (χ1) is 16.3. The number of amides is 1. The van der Waals surface area contributed by atoms with Gasteiger partial charge >= 0.3 is 12.1 Å². The zero-order valence-corrected chi connectivity index (χ0v) is 19.2. The quantitative estimate of drug-likeness (QED) is 0.476. The number of nitrogens with zero attached hydrogens (tertiary/aromatic N) is 2. The normalized spacial score (nSPS) is 18.9. The number of carboxylic acid groups (broad SMARTS) is 1. The summed E-state index contributed by atoms with van der Waals surface area (Å²) in [6, 6.07) is 17.5. The van der Waals surface area contributed by atoms with Gasteiger partial charge in [-0.25, -0.2) is 9.18 Å². The minimum Gasteiger partial charge on any atom is -0.481 e. The molecule has 0 spiro atoms. The van der Waals surface area contributed by atoms with E-state index in [9.17, 15) is 19.1 Å². The predicted octanol–water partition coefficient (Wildman–Crippen LogP) is 5.86. The molecule has 1 amide bonds. The Bertz CT molecular complexity index is 1180. The van der Waals surface area contributed by atoms with Crippen molar-refractivity contribution in [3.8, 4) is 11.1 Å². The Labute approximate surface area is 198 Å². The van der Waals surface area contributed by atoms with Crippen molar-refractivity contribution in [3.05, 3.63) is 89.5 Å². The highest BCUT2D eigenvalue weighted by Gasteiger charge is 2.43. The molecule has 34 heavy (non-hydrogen) atoms. The average molecular weight is 463 g/mol. The van der Waals surface area contributed by atoms with Crippen LogP contribution < -0.4 is 0 Å². The molecule has 0 bridgehead atoms. The van der Waals surface area contributed by atoms with E-state index >= 15 is 0 Å². The molecule has 1 N–H and O–H groups in total. The molecule has 3 aromatic rings. The second kappa shape index (κ2) is 9.63. The molecule has 6 nitrogen and oxygen atoms in total. The summed E-state index contributed by atoms with van der Waals surface area (Å²) in [4.78, 5) is 30.2. The van der Waals surface area contributed by atoms with E-state index in [1.54, 1.807) is 23.2 Å². The Hall–Kier alpha value is -3.74. The van der Waals surface area contributed by atoms with E-state index in [1.807, 2.05) is 50.2 Å². The number of aryl methyl sites for hydroxylation is 1. The number of carbonyl (C=O) groups is 2. The van der Waals surface area contributed by atoms with Crippen molar-refractivity contribution in [1.82, 2.24) is 9.88 Å². The molecular weight excluding hydrogens is 435 g/mol. The average Bonchev–Trinajstić information content (AvgIpc) is 2.83. The van der Waals surface area contributed by atoms with Crippen LogP contribution in [0.15, 0.2) is 66.9 Å². The number of carboxylic acids is 1. The third-order valence-electron chi connectivity index (χ3n) is 6.48. The van der Waals surface area contributed by atoms with Crippen molar-refractivity contribution in [2.45, 2.75) is 44.8 Å². The number of pyridine rings is 1. The summed E-state index contributed by atoms with van der Waals surface area (Å²) in [6.07, 6.45) is 1.65. The second-order valence-electron chi connectivity index (χ2n) is 8.69. The van der Waals surface area contributed by atoms with Crippen molar-refractivity contribution < 1.29 is 23.8 Å². The molecule has 4 rings (SSSR count). The molecule has 0 saturated carbocycles. The van der Waals surface area contributed by atoms with E-state index in [0.29, 0.717) is 18.5 Å². The fourth-order valence-electron chi connectivity index (χ4n) is 4.47. The highest BCUT2D eigenvalue weighted by atomic mass is 19.1. The van der Waals surface area contributed by atoms with Gasteiger partial charge in [0.25, 0.3) is 0 Å². The Balaban J connectivity index is 1.52. The van der Waals surface area contributed by atoms with Crippen LogP contribution >= 0.6 is 0 Å². The summed E-state index contributed by atoms with van der Waals surface area (Å²) in [6.45, 7) is 4.28. The SMILES string of the molecule is Cc1cc(-c2ccc([C@H](C)N3CCC(CCC(=O)O)(c4ccc(F)cc4)OC3=O)cc2)ccn1. The number of carbonyl (C=O) groups excluding carboxylic acids is 1. The zero-order valence-electron chi connectivity index (χ0n) is 19.2. The predicted molar refractivity (Wildman–Crippen MR) is 126 cm³/mol. The molecule has 7 heteroatoms. The molecule has 2 aromatic carbocycles. The summed E-state index contributed by atoms with van der Waals surface area (Å²) >= 11 is 0. The lowest BCUT2D eigenvalue weighted by Gasteiger charge is -2.43. The summed E-state index contributed by atoms with van der Waals surface area (Å²) < 4.78 is 19.4. The zero-order chi connectivity index (χ0) is 24.3. The fraction of sp³-hybridized carbons (Fsp3) is 0.296. The Morgan fingerprint density at radius 1 is 1.15 bits per heavy atom. The van der Waals surface area contributed by atoms with E-state index < -0.39 is 23.5 Å². The molecule has 2 atom stereocenters. The third-order valence-corrected chi connectivity index (χ3v) is 6.48. The van der Waals surface area contributed by atoms with Gasteiger partial charge < -0.3 is 14.7 Å². The number of hydrogen-bond donors (Lipinski definition) is 1. The topological polar surface area (TPSA) is 79.7 Å². The molecule has 176 valence electrons. The summed E-state index contributed by atoms with van der Waals surface area (Å²) in [7, 11) is 0. The van der Waals surface area contributed by atoms with Gasteiger partial charge in [-0.2, -0.15) is 0 Å². The number of benzene rings is 2. The number of halogens is 1. The molecule has 1 aromatic heterocycles. The minimum atomic E-state index is -1.09. The number of cyclic esters (lactones) is 1. The highest BCUT2D eigenvalue weighted by Crippen LogP contribution is 2.40. The maximum Gasteiger partial charge on any atom is 0.411 e. The lowest BCUT2D eigenvalue weighted by molar-refractivity contribution is -0.139. The van der Waals surface area contributed by atoms with E-state index in [4.69, 9.17) is 4.74 Å². The largest absolute Gasteiger partial charge is 0.481 e. The monoisotopic (exact) mass is 462 g/mol. The Morgan fingerprint density at radius 2 is 1.85 bits per heavy atom. The van der Waals surface area contributed by atoms with Crippen LogP contribution in [0.25, 0.3) is 11.1 Å². The minimum absolute atomic E-state index is 0.127. The van der Waals surface area contributed by atoms with Crippen LogP contribution in [0.5, 0.6) is 0 Å². The molecule has 1 fully saturated rings. The van der Waals surface area contributed by atoms with Crippen LogP contribution in [0.3, 0.4) is 0 Å². The van der Waals surface area contributed by atoms with Gasteiger partial charge in [-0.05, 0) is 60.4 Å². The van der Waals surface area contributed by atoms with Crippen molar-refractivity contribution in [3.63, 3.8) is 0 Å². The van der Waals surface area contributed by atoms with Crippen molar-refractivity contribution in [2.75, 3.05) is 6.54 Å². The number of aliphatic carboxylic acids is 1. The van der Waals surface area contributed by atoms with E-state index in [0.717, 1.165) is 22.4 Å². The Kier molecular flexibility index (Phi) is 6.63. The smallest absolute Gasteiger partial charge is 0.411 e. The van der Waals surface area contributed by atoms with E-state index in [-0.39, 0.29) is 18.9 Å². The van der Waals surface area contributed by atoms with Gasteiger partial charge in [-0.3, -0.25) is 9.78 Å². The van der Waals surface area contributed by atoms with Crippen molar-refractivity contribution in [1.29, 1.82) is 0 Å². The summed E-state index contributed by atoms with van der Waals surface area (Å²) in [5, 5.41) is 9.21. The molecule has 1 aliphatic heterocycles. The van der Waals surface area contributed by atoms with Crippen LogP contribution in [0.2, 0.25) is 0 Å². The number of hydrogen-bond acceptors (Lipinski definition) is 4. The van der Waals surface area contributed by atoms with Crippen molar-refractivity contribution in [2.24, 2.45) is 0 Å². The first-order valence-corrected chi connectivity index (χ1v) is 11.3. The molecule has 1 unspecified atom stereocenters. The Morgan fingerprint density at radius 3 is 2.47 bits per heavy atom. The van der Waals surface area contributed by atoms with Crippen LogP contribution in [0.4, 0.5) is 9.18 Å². The highest BCUT2D eigenvalue weighted by molar-refractivity contribution is 5.71. The molecule has 0 aliphatic carbocycles. The molecule has 1 saturated heterocycles. The van der Waals surface area contributed by atoms with E-state index in [1.165, 1.54) is 12.1 Å². The van der Waals surface area contributed by atoms with Gasteiger partial charge in [-0.1, -0.05) is 36.4 Å². The van der Waals surface area contributed by atoms with Gasteiger partial charge in [0.1, 0.15) is 11.4 Å². The van der Waals surface area contributed by atoms with Gasteiger partial charge in [0.05, 0.1) is 6.04 Å². The third kappa shape index (κ3) is 4.93. The summed E-state index contributed by atoms with van der Waals surface area (Å²) in [5.41, 5.74) is 3.55. The fourth-order valence-corrected chi connectivity index (χ4v) is 4.47. The summed E-state index contributed by atoms with van der Waals surface area (Å²) in [5.74, 6) is -1.38. The second-order valence-corrected chi connectivity index (χ2v) is 8.69. The van der Waals surface area contributed by atoms with Crippen LogP contribution in [-0.2, 0) is 15.1 Å². The van der Waals surface area contributed by atoms with Gasteiger partial charge in [0, 0.05) is 37.7 Å². The number of ether oxygens (including phenoxy) is 1. The lowest BCUT2D eigenvalue weighted by atomic mass is 9.84. The van der Waals surface area contributed by atoms with Crippen molar-refractivity contribution >= 4 is 12.1 Å². The lowest BCUT2D eigenvalue weighted by Crippen LogP contribution is -2.49. The maximum atomic E-state index is 13.5. The van der Waals surface area contributed by atoms with Gasteiger partial charge in [0.15, 0.2) is 0 Å². The molecule has 0 radical (unpaired) electrons. The van der Waals surface area contributed by atoms with Crippen LogP contribution in [0.1, 0.15) is 49.0 Å². The van der Waals surface area contributed by atoms with E-state index in [2.05, 4.69) is 4.98 Å². The molecular formula is C27H27FN2O4. The number of aromatic nitrogens is 1. The van der Waals surface area contributed by atoms with Gasteiger partial charge in [-0.15, -0.1) is 0 Å². The van der Waals surface area contributed by atoms with Crippen LogP contribution in [0, 0.1) is 12.7 Å². The van der Waals surface area contributed by atoms with Gasteiger partial charge in [0.2, 0.25) is 0 Å². The first-order valence-electron chi connectivity index (χ1n) is 11.3. The molecule has 2 heterocycles. The first kappa shape index (κ1) is 23.4. The number of rotatable bonds is 7. The van der Waals surface area contributed by atoms with Crippen LogP contribution in [-0.4, -0.2) is 33.6 Å². The molecule has 1 aliphatic rings. The standard InChI is InChI=1S/C27H27FN2O4/c1-18-17-22(12-15-29-18)21-5-3-20(4-6-21)19(2)30-16-14-27(34-26(30)33,13-11-25(31)32)23-7-9-24(28)10-8-23/h3-10,12,15,17,19H,11,13-14,16H2,1-2H3,(H,31,32)/t19-,27?/m0/s1. The maximum absolute atomic E-state index is 13.5.